The Balaban J connectivity index is 1.39. The van der Waals surface area contributed by atoms with Crippen molar-refractivity contribution in [2.75, 3.05) is 50.2 Å². The summed E-state index contributed by atoms with van der Waals surface area (Å²) in [6.45, 7) is 4.57. The number of rotatable bonds is 14. The van der Waals surface area contributed by atoms with E-state index in [1.54, 1.807) is 6.07 Å². The van der Waals surface area contributed by atoms with Crippen LogP contribution in [-0.2, 0) is 9.53 Å². The lowest BCUT2D eigenvalue weighted by Crippen LogP contribution is -2.21. The third kappa shape index (κ3) is 9.13. The highest BCUT2D eigenvalue weighted by Crippen LogP contribution is 2.19. The molecule has 0 radical (unpaired) electrons. The fourth-order valence-electron chi connectivity index (χ4n) is 2.95. The third-order valence-corrected chi connectivity index (χ3v) is 4.47. The molecule has 0 unspecified atom stereocenters. The number of benzene rings is 3. The zero-order chi connectivity index (χ0) is 23.1. The number of hydrogen-bond acceptors (Lipinski definition) is 6. The fraction of sp³-hybridized carbons (Fsp3) is 0.269. The molecule has 0 saturated heterocycles. The van der Waals surface area contributed by atoms with Crippen LogP contribution in [-0.4, -0.2) is 45.5 Å². The van der Waals surface area contributed by atoms with Crippen molar-refractivity contribution in [1.29, 1.82) is 0 Å². The van der Waals surface area contributed by atoms with Crippen molar-refractivity contribution >= 4 is 17.3 Å². The van der Waals surface area contributed by atoms with Crippen LogP contribution in [0.25, 0.3) is 0 Å². The third-order valence-electron chi connectivity index (χ3n) is 4.47. The fourth-order valence-corrected chi connectivity index (χ4v) is 2.95. The number of para-hydroxylation sites is 1. The monoisotopic (exact) mass is 450 g/mol. The van der Waals surface area contributed by atoms with Crippen LogP contribution in [0.4, 0.5) is 11.4 Å². The van der Waals surface area contributed by atoms with Crippen LogP contribution in [0.2, 0.25) is 0 Å². The van der Waals surface area contributed by atoms with Gasteiger partial charge in [0.2, 0.25) is 5.91 Å². The highest BCUT2D eigenvalue weighted by atomic mass is 16.5. The number of carbonyl (C=O) groups is 1. The number of amides is 1. The summed E-state index contributed by atoms with van der Waals surface area (Å²) in [7, 11) is 0. The first-order chi connectivity index (χ1) is 16.2. The van der Waals surface area contributed by atoms with Gasteiger partial charge >= 0.3 is 0 Å². The summed E-state index contributed by atoms with van der Waals surface area (Å²) in [5, 5.41) is 5.98. The van der Waals surface area contributed by atoms with E-state index in [4.69, 9.17) is 18.9 Å². The van der Waals surface area contributed by atoms with E-state index in [2.05, 4.69) is 10.6 Å². The Kier molecular flexibility index (Phi) is 9.90. The Bertz CT molecular complexity index is 981. The number of carbonyl (C=O) groups excluding carboxylic acids is 1. The number of hydrogen-bond donors (Lipinski definition) is 2. The molecule has 0 fully saturated rings. The van der Waals surface area contributed by atoms with E-state index in [0.29, 0.717) is 50.2 Å². The van der Waals surface area contributed by atoms with E-state index in [0.717, 1.165) is 11.4 Å². The van der Waals surface area contributed by atoms with Crippen LogP contribution < -0.4 is 24.8 Å². The minimum absolute atomic E-state index is 0.121. The molecule has 3 aromatic rings. The van der Waals surface area contributed by atoms with Gasteiger partial charge in [-0.1, -0.05) is 30.3 Å². The minimum atomic E-state index is -0.163. The molecule has 0 spiro atoms. The summed E-state index contributed by atoms with van der Waals surface area (Å²) >= 11 is 0. The predicted molar refractivity (Wildman–Crippen MR) is 129 cm³/mol. The molecular weight excluding hydrogens is 420 g/mol. The van der Waals surface area contributed by atoms with Crippen molar-refractivity contribution in [2.24, 2.45) is 0 Å². The molecule has 0 aliphatic carbocycles. The van der Waals surface area contributed by atoms with Gasteiger partial charge < -0.3 is 29.6 Å². The van der Waals surface area contributed by atoms with Gasteiger partial charge in [-0.3, -0.25) is 4.79 Å². The second-order valence-corrected chi connectivity index (χ2v) is 7.01. The number of anilines is 2. The van der Waals surface area contributed by atoms with Crippen molar-refractivity contribution in [3.8, 4) is 17.2 Å². The topological polar surface area (TPSA) is 78.1 Å². The van der Waals surface area contributed by atoms with Crippen LogP contribution in [0.1, 0.15) is 6.92 Å². The molecule has 7 heteroatoms. The molecule has 33 heavy (non-hydrogen) atoms. The van der Waals surface area contributed by atoms with Gasteiger partial charge in [0.25, 0.3) is 0 Å². The summed E-state index contributed by atoms with van der Waals surface area (Å²) in [5.41, 5.74) is 1.46. The summed E-state index contributed by atoms with van der Waals surface area (Å²) in [4.78, 5) is 12.3. The van der Waals surface area contributed by atoms with Gasteiger partial charge in [0.15, 0.2) is 0 Å². The highest BCUT2D eigenvalue weighted by molar-refractivity contribution is 5.93. The van der Waals surface area contributed by atoms with Crippen LogP contribution in [0.3, 0.4) is 0 Å². The molecule has 0 heterocycles. The maximum atomic E-state index is 12.3. The quantitative estimate of drug-likeness (QED) is 0.349. The smallest absolute Gasteiger partial charge is 0.243 e. The second kappa shape index (κ2) is 13.6. The Morgan fingerprint density at radius 2 is 1.27 bits per heavy atom. The minimum Gasteiger partial charge on any atom is -0.491 e. The average Bonchev–Trinajstić information content (AvgIpc) is 2.84. The number of nitrogens with one attached hydrogen (secondary N) is 2. The molecule has 0 aliphatic heterocycles. The molecule has 174 valence electrons. The van der Waals surface area contributed by atoms with Crippen molar-refractivity contribution in [2.45, 2.75) is 6.92 Å². The largest absolute Gasteiger partial charge is 0.491 e. The zero-order valence-corrected chi connectivity index (χ0v) is 18.8. The summed E-state index contributed by atoms with van der Waals surface area (Å²) in [6.07, 6.45) is 0. The SMILES string of the molecule is CCOCCOc1cccc(NC(=O)CNc2cccc(OCCOc3ccccc3)c2)c1. The second-order valence-electron chi connectivity index (χ2n) is 7.01. The Morgan fingerprint density at radius 1 is 0.697 bits per heavy atom. The van der Waals surface area contributed by atoms with Gasteiger partial charge in [0, 0.05) is 30.1 Å². The molecule has 0 bridgehead atoms. The maximum absolute atomic E-state index is 12.3. The molecular formula is C26H30N2O5. The van der Waals surface area contributed by atoms with Crippen molar-refractivity contribution in [3.63, 3.8) is 0 Å². The first kappa shape index (κ1) is 23.9. The van der Waals surface area contributed by atoms with E-state index >= 15 is 0 Å². The summed E-state index contributed by atoms with van der Waals surface area (Å²) < 4.78 is 22.3. The maximum Gasteiger partial charge on any atom is 0.243 e. The molecule has 0 atom stereocenters. The van der Waals surface area contributed by atoms with E-state index in [1.807, 2.05) is 79.7 Å². The molecule has 7 nitrogen and oxygen atoms in total. The Labute approximate surface area is 194 Å². The molecule has 1 amide bonds. The van der Waals surface area contributed by atoms with Gasteiger partial charge in [0.05, 0.1) is 13.2 Å². The van der Waals surface area contributed by atoms with Crippen LogP contribution >= 0.6 is 0 Å². The van der Waals surface area contributed by atoms with E-state index < -0.39 is 0 Å². The first-order valence-corrected chi connectivity index (χ1v) is 11.0. The predicted octanol–water partition coefficient (Wildman–Crippen LogP) is 4.61. The van der Waals surface area contributed by atoms with E-state index in [9.17, 15) is 4.79 Å². The van der Waals surface area contributed by atoms with Gasteiger partial charge in [-0.25, -0.2) is 0 Å². The lowest BCUT2D eigenvalue weighted by atomic mass is 10.3. The lowest BCUT2D eigenvalue weighted by molar-refractivity contribution is -0.114. The van der Waals surface area contributed by atoms with Gasteiger partial charge in [0.1, 0.15) is 37.1 Å². The zero-order valence-electron chi connectivity index (χ0n) is 18.8. The van der Waals surface area contributed by atoms with Gasteiger partial charge in [-0.2, -0.15) is 0 Å². The summed E-state index contributed by atoms with van der Waals surface area (Å²) in [6, 6.07) is 24.4. The van der Waals surface area contributed by atoms with E-state index in [1.165, 1.54) is 0 Å². The Morgan fingerprint density at radius 3 is 1.97 bits per heavy atom. The number of ether oxygens (including phenoxy) is 4. The average molecular weight is 451 g/mol. The standard InChI is InChI=1S/C26H30N2O5/c1-2-30-14-15-32-25-13-7-9-22(19-25)28-26(29)20-27-21-8-6-12-24(18-21)33-17-16-31-23-10-4-3-5-11-23/h3-13,18-19,27H,2,14-17,20H2,1H3,(H,28,29). The van der Waals surface area contributed by atoms with Crippen molar-refractivity contribution < 1.29 is 23.7 Å². The normalized spacial score (nSPS) is 10.3. The molecule has 2 N–H and O–H groups in total. The molecule has 3 rings (SSSR count). The highest BCUT2D eigenvalue weighted by Gasteiger charge is 2.05. The van der Waals surface area contributed by atoms with E-state index in [-0.39, 0.29) is 12.5 Å². The molecule has 3 aromatic carbocycles. The van der Waals surface area contributed by atoms with Crippen LogP contribution in [0.5, 0.6) is 17.2 Å². The lowest BCUT2D eigenvalue weighted by Gasteiger charge is -2.12. The van der Waals surface area contributed by atoms with Gasteiger partial charge in [-0.05, 0) is 43.3 Å². The Hall–Kier alpha value is -3.71. The molecule has 0 saturated carbocycles. The van der Waals surface area contributed by atoms with Crippen molar-refractivity contribution in [3.05, 3.63) is 78.9 Å². The molecule has 0 aromatic heterocycles. The van der Waals surface area contributed by atoms with Crippen molar-refractivity contribution in [1.82, 2.24) is 0 Å². The summed E-state index contributed by atoms with van der Waals surface area (Å²) in [5.74, 6) is 2.03. The van der Waals surface area contributed by atoms with Crippen LogP contribution in [0, 0.1) is 0 Å². The van der Waals surface area contributed by atoms with Gasteiger partial charge in [-0.15, -0.1) is 0 Å². The molecule has 0 aliphatic rings. The van der Waals surface area contributed by atoms with Crippen LogP contribution in [0.15, 0.2) is 78.9 Å². The first-order valence-electron chi connectivity index (χ1n) is 11.0.